The molecule has 2 N–H and O–H groups in total. The molecular weight excluding hydrogens is 214 g/mol. The Kier molecular flexibility index (Phi) is 3.69. The van der Waals surface area contributed by atoms with Crippen LogP contribution in [-0.2, 0) is 5.60 Å². The first-order valence-electron chi connectivity index (χ1n) is 6.32. The first-order valence-corrected chi connectivity index (χ1v) is 6.32. The lowest BCUT2D eigenvalue weighted by Crippen LogP contribution is -2.35. The molecule has 0 radical (unpaired) electrons. The summed E-state index contributed by atoms with van der Waals surface area (Å²) >= 11 is 0. The van der Waals surface area contributed by atoms with Crippen molar-refractivity contribution in [1.29, 1.82) is 0 Å². The Morgan fingerprint density at radius 3 is 2.88 bits per heavy atom. The van der Waals surface area contributed by atoms with Crippen LogP contribution in [0.4, 0.5) is 0 Å². The van der Waals surface area contributed by atoms with Crippen LogP contribution < -0.4 is 10.1 Å². The van der Waals surface area contributed by atoms with Crippen LogP contribution in [0, 0.1) is 0 Å². The Bertz CT molecular complexity index is 372. The van der Waals surface area contributed by atoms with Gasteiger partial charge in [0.2, 0.25) is 0 Å². The lowest BCUT2D eigenvalue weighted by molar-refractivity contribution is 0.0573. The minimum absolute atomic E-state index is 0.393. The molecule has 0 heterocycles. The summed E-state index contributed by atoms with van der Waals surface area (Å²) in [7, 11) is 0. The zero-order valence-electron chi connectivity index (χ0n) is 10.6. The Labute approximate surface area is 103 Å². The van der Waals surface area contributed by atoms with E-state index in [9.17, 15) is 5.11 Å². The SMILES string of the molecule is CCNCC(C)(O)c1cccc(OC2CC2)c1. The molecule has 1 fully saturated rings. The molecule has 94 valence electrons. The first kappa shape index (κ1) is 12.4. The molecule has 1 aliphatic rings. The van der Waals surface area contributed by atoms with Gasteiger partial charge in [-0.15, -0.1) is 0 Å². The average Bonchev–Trinajstić information content (AvgIpc) is 3.11. The fraction of sp³-hybridized carbons (Fsp3) is 0.571. The summed E-state index contributed by atoms with van der Waals surface area (Å²) in [6.45, 7) is 5.26. The van der Waals surface area contributed by atoms with E-state index in [0.717, 1.165) is 30.7 Å². The summed E-state index contributed by atoms with van der Waals surface area (Å²) in [5, 5.41) is 13.5. The first-order chi connectivity index (χ1) is 8.12. The van der Waals surface area contributed by atoms with Gasteiger partial charge in [0.25, 0.3) is 0 Å². The standard InChI is InChI=1S/C14H21NO2/c1-3-15-10-14(2,16)11-5-4-6-13(9-11)17-12-7-8-12/h4-6,9,12,15-16H,3,7-8,10H2,1-2H3. The third-order valence-corrected chi connectivity index (χ3v) is 3.00. The molecule has 0 aliphatic heterocycles. The minimum atomic E-state index is -0.848. The zero-order valence-corrected chi connectivity index (χ0v) is 10.6. The summed E-state index contributed by atoms with van der Waals surface area (Å²) < 4.78 is 5.73. The number of hydrogen-bond acceptors (Lipinski definition) is 3. The quantitative estimate of drug-likeness (QED) is 0.793. The van der Waals surface area contributed by atoms with Gasteiger partial charge in [0.15, 0.2) is 0 Å². The highest BCUT2D eigenvalue weighted by atomic mass is 16.5. The van der Waals surface area contributed by atoms with Gasteiger partial charge in [-0.1, -0.05) is 19.1 Å². The fourth-order valence-corrected chi connectivity index (χ4v) is 1.75. The predicted octanol–water partition coefficient (Wildman–Crippen LogP) is 2.04. The fourth-order valence-electron chi connectivity index (χ4n) is 1.75. The van der Waals surface area contributed by atoms with E-state index < -0.39 is 5.60 Å². The third-order valence-electron chi connectivity index (χ3n) is 3.00. The van der Waals surface area contributed by atoms with Crippen LogP contribution in [0.1, 0.15) is 32.3 Å². The Balaban J connectivity index is 2.07. The van der Waals surface area contributed by atoms with Crippen LogP contribution in [0.5, 0.6) is 5.75 Å². The highest BCUT2D eigenvalue weighted by molar-refractivity contribution is 5.32. The van der Waals surface area contributed by atoms with Crippen LogP contribution >= 0.6 is 0 Å². The van der Waals surface area contributed by atoms with Gasteiger partial charge in [-0.25, -0.2) is 0 Å². The molecule has 0 spiro atoms. The number of ether oxygens (including phenoxy) is 1. The van der Waals surface area contributed by atoms with Gasteiger partial charge in [-0.3, -0.25) is 0 Å². The number of benzene rings is 1. The summed E-state index contributed by atoms with van der Waals surface area (Å²) in [6, 6.07) is 7.77. The maximum atomic E-state index is 10.4. The lowest BCUT2D eigenvalue weighted by Gasteiger charge is -2.24. The summed E-state index contributed by atoms with van der Waals surface area (Å²) in [4.78, 5) is 0. The second-order valence-corrected chi connectivity index (χ2v) is 4.90. The molecule has 3 nitrogen and oxygen atoms in total. The molecule has 1 aromatic rings. The van der Waals surface area contributed by atoms with Crippen LogP contribution in [0.25, 0.3) is 0 Å². The van der Waals surface area contributed by atoms with Crippen LogP contribution in [0.3, 0.4) is 0 Å². The van der Waals surface area contributed by atoms with Crippen molar-refractivity contribution in [1.82, 2.24) is 5.32 Å². The number of likely N-dealkylation sites (N-methyl/N-ethyl adjacent to an activating group) is 1. The van der Waals surface area contributed by atoms with Crippen molar-refractivity contribution in [3.8, 4) is 5.75 Å². The Morgan fingerprint density at radius 2 is 2.24 bits per heavy atom. The average molecular weight is 235 g/mol. The van der Waals surface area contributed by atoms with Gasteiger partial charge in [-0.05, 0) is 44.0 Å². The van der Waals surface area contributed by atoms with E-state index in [-0.39, 0.29) is 0 Å². The van der Waals surface area contributed by atoms with Gasteiger partial charge >= 0.3 is 0 Å². The largest absolute Gasteiger partial charge is 0.490 e. The molecule has 2 rings (SSSR count). The van der Waals surface area contributed by atoms with E-state index in [2.05, 4.69) is 5.32 Å². The summed E-state index contributed by atoms with van der Waals surface area (Å²) in [5.41, 5.74) is 0.0513. The van der Waals surface area contributed by atoms with Crippen LogP contribution in [-0.4, -0.2) is 24.3 Å². The van der Waals surface area contributed by atoms with Gasteiger partial charge in [0, 0.05) is 6.54 Å². The molecule has 0 aromatic heterocycles. The Hall–Kier alpha value is -1.06. The summed E-state index contributed by atoms with van der Waals surface area (Å²) in [6.07, 6.45) is 2.69. The maximum absolute atomic E-state index is 10.4. The van der Waals surface area contributed by atoms with Gasteiger partial charge in [0.1, 0.15) is 5.75 Å². The normalized spacial score (nSPS) is 18.8. The molecule has 1 aliphatic carbocycles. The van der Waals surface area contributed by atoms with E-state index in [1.807, 2.05) is 38.1 Å². The molecule has 1 atom stereocenters. The lowest BCUT2D eigenvalue weighted by atomic mass is 9.96. The molecule has 3 heteroatoms. The molecular formula is C14H21NO2. The molecule has 0 bridgehead atoms. The van der Waals surface area contributed by atoms with Crippen molar-refractivity contribution in [2.75, 3.05) is 13.1 Å². The van der Waals surface area contributed by atoms with Crippen LogP contribution in [0.15, 0.2) is 24.3 Å². The van der Waals surface area contributed by atoms with Gasteiger partial charge < -0.3 is 15.2 Å². The van der Waals surface area contributed by atoms with E-state index in [1.165, 1.54) is 0 Å². The Morgan fingerprint density at radius 1 is 1.47 bits per heavy atom. The van der Waals surface area contributed by atoms with Crippen molar-refractivity contribution in [3.63, 3.8) is 0 Å². The predicted molar refractivity (Wildman–Crippen MR) is 68.2 cm³/mol. The van der Waals surface area contributed by atoms with Gasteiger partial charge in [-0.2, -0.15) is 0 Å². The highest BCUT2D eigenvalue weighted by Crippen LogP contribution is 2.29. The molecule has 1 saturated carbocycles. The monoisotopic (exact) mass is 235 g/mol. The van der Waals surface area contributed by atoms with Crippen LogP contribution in [0.2, 0.25) is 0 Å². The van der Waals surface area contributed by atoms with Crippen molar-refractivity contribution in [3.05, 3.63) is 29.8 Å². The number of rotatable bonds is 6. The van der Waals surface area contributed by atoms with E-state index >= 15 is 0 Å². The van der Waals surface area contributed by atoms with Crippen molar-refractivity contribution in [2.45, 2.75) is 38.4 Å². The van der Waals surface area contributed by atoms with Gasteiger partial charge in [0.05, 0.1) is 11.7 Å². The molecule has 17 heavy (non-hydrogen) atoms. The molecule has 1 unspecified atom stereocenters. The minimum Gasteiger partial charge on any atom is -0.490 e. The van der Waals surface area contributed by atoms with Crippen molar-refractivity contribution in [2.24, 2.45) is 0 Å². The number of hydrogen-bond donors (Lipinski definition) is 2. The maximum Gasteiger partial charge on any atom is 0.120 e. The highest BCUT2D eigenvalue weighted by Gasteiger charge is 2.26. The topological polar surface area (TPSA) is 41.5 Å². The molecule has 1 aromatic carbocycles. The molecule has 0 amide bonds. The third kappa shape index (κ3) is 3.45. The van der Waals surface area contributed by atoms with E-state index in [1.54, 1.807) is 0 Å². The second-order valence-electron chi connectivity index (χ2n) is 4.90. The van der Waals surface area contributed by atoms with E-state index in [0.29, 0.717) is 12.6 Å². The number of nitrogens with one attached hydrogen (secondary N) is 1. The smallest absolute Gasteiger partial charge is 0.120 e. The number of aliphatic hydroxyl groups is 1. The summed E-state index contributed by atoms with van der Waals surface area (Å²) in [5.74, 6) is 0.863. The zero-order chi connectivity index (χ0) is 12.3. The van der Waals surface area contributed by atoms with Crippen molar-refractivity contribution >= 4 is 0 Å². The van der Waals surface area contributed by atoms with E-state index in [4.69, 9.17) is 4.74 Å². The second kappa shape index (κ2) is 5.07. The van der Waals surface area contributed by atoms with Crippen molar-refractivity contribution < 1.29 is 9.84 Å². The molecule has 0 saturated heterocycles.